The highest BCUT2D eigenvalue weighted by molar-refractivity contribution is 7.89. The van der Waals surface area contributed by atoms with Crippen LogP contribution in [-0.4, -0.2) is 49.6 Å². The lowest BCUT2D eigenvalue weighted by Gasteiger charge is -2.25. The number of hydrogen-bond acceptors (Lipinski definition) is 5. The number of hydrogen-bond donors (Lipinski definition) is 3. The Labute approximate surface area is 151 Å². The fourth-order valence-electron chi connectivity index (χ4n) is 2.66. The lowest BCUT2D eigenvalue weighted by molar-refractivity contribution is -0.116. The van der Waals surface area contributed by atoms with Crippen LogP contribution in [0.3, 0.4) is 0 Å². The normalized spacial score (nSPS) is 24.3. The molecule has 1 aliphatic heterocycles. The number of nitrogens with zero attached hydrogens (tertiary/aromatic N) is 1. The van der Waals surface area contributed by atoms with Crippen LogP contribution in [0.1, 0.15) is 13.8 Å². The molecule has 10 heteroatoms. The van der Waals surface area contributed by atoms with E-state index in [9.17, 15) is 13.2 Å². The Hall–Kier alpha value is -0.900. The Morgan fingerprint density at radius 1 is 1.25 bits per heavy atom. The average Bonchev–Trinajstić information content (AvgIpc) is 2.81. The van der Waals surface area contributed by atoms with Crippen LogP contribution in [0.5, 0.6) is 0 Å². The van der Waals surface area contributed by atoms with Gasteiger partial charge in [-0.1, -0.05) is 23.2 Å². The van der Waals surface area contributed by atoms with Gasteiger partial charge in [-0.05, 0) is 32.0 Å². The van der Waals surface area contributed by atoms with Gasteiger partial charge in [0.1, 0.15) is 5.25 Å². The maximum absolute atomic E-state index is 12.7. The van der Waals surface area contributed by atoms with E-state index in [0.717, 1.165) is 4.31 Å². The summed E-state index contributed by atoms with van der Waals surface area (Å²) in [6, 6.07) is 4.12. The monoisotopic (exact) mass is 394 g/mol. The van der Waals surface area contributed by atoms with Crippen LogP contribution in [-0.2, 0) is 14.8 Å². The first-order valence-corrected chi connectivity index (χ1v) is 9.60. The van der Waals surface area contributed by atoms with Crippen molar-refractivity contribution in [2.75, 3.05) is 18.9 Å². The molecule has 1 aromatic rings. The second-order valence-electron chi connectivity index (χ2n) is 5.80. The number of rotatable bonds is 5. The van der Waals surface area contributed by atoms with Gasteiger partial charge in [0.25, 0.3) is 0 Å². The molecule has 0 radical (unpaired) electrons. The van der Waals surface area contributed by atoms with Crippen molar-refractivity contribution >= 4 is 44.8 Å². The van der Waals surface area contributed by atoms with Gasteiger partial charge in [0, 0.05) is 24.2 Å². The number of benzene rings is 1. The van der Waals surface area contributed by atoms with Gasteiger partial charge in [-0.2, -0.15) is 4.31 Å². The third kappa shape index (κ3) is 4.19. The highest BCUT2D eigenvalue weighted by Crippen LogP contribution is 2.25. The highest BCUT2D eigenvalue weighted by atomic mass is 35.5. The number of halogens is 2. The first kappa shape index (κ1) is 19.4. The van der Waals surface area contributed by atoms with Gasteiger partial charge in [0.05, 0.1) is 17.3 Å². The van der Waals surface area contributed by atoms with E-state index in [1.807, 2.05) is 0 Å². The van der Waals surface area contributed by atoms with Crippen molar-refractivity contribution in [3.63, 3.8) is 0 Å². The molecule has 0 bridgehead atoms. The quantitative estimate of drug-likeness (QED) is 0.702. The van der Waals surface area contributed by atoms with Crippen LogP contribution >= 0.6 is 23.2 Å². The summed E-state index contributed by atoms with van der Waals surface area (Å²) in [7, 11) is -2.26. The first-order chi connectivity index (χ1) is 11.1. The topological polar surface area (TPSA) is 90.5 Å². The number of carbonyl (C=O) groups excluding carboxylic acids is 1. The van der Waals surface area contributed by atoms with Crippen molar-refractivity contribution in [3.8, 4) is 0 Å². The summed E-state index contributed by atoms with van der Waals surface area (Å²) in [5.74, 6) is -0.482. The smallest absolute Gasteiger partial charge is 0.239 e. The molecule has 1 amide bonds. The molecule has 2 atom stereocenters. The standard InChI is InChI=1S/C14H20Cl2N4O3S/c1-8-14(9(2)19-18-8)24(22,23)20(3)7-13(21)17-12-5-4-10(15)6-11(12)16/h4-6,8-9,14,18-19H,7H2,1-3H3,(H,17,21). The number of nitrogens with one attached hydrogen (secondary N) is 3. The maximum Gasteiger partial charge on any atom is 0.239 e. The minimum Gasteiger partial charge on any atom is -0.324 e. The number of hydrazine groups is 1. The van der Waals surface area contributed by atoms with E-state index in [-0.39, 0.29) is 23.7 Å². The highest BCUT2D eigenvalue weighted by Gasteiger charge is 2.42. The number of anilines is 1. The van der Waals surface area contributed by atoms with Crippen LogP contribution in [0.4, 0.5) is 5.69 Å². The van der Waals surface area contributed by atoms with E-state index >= 15 is 0 Å². The zero-order valence-electron chi connectivity index (χ0n) is 13.5. The third-order valence-electron chi connectivity index (χ3n) is 3.87. The zero-order chi connectivity index (χ0) is 18.1. The second kappa shape index (κ2) is 7.55. The average molecular weight is 395 g/mol. The van der Waals surface area contributed by atoms with Gasteiger partial charge in [-0.15, -0.1) is 0 Å². The molecule has 3 N–H and O–H groups in total. The van der Waals surface area contributed by atoms with Crippen LogP contribution in [0, 0.1) is 0 Å². The Morgan fingerprint density at radius 2 is 1.83 bits per heavy atom. The zero-order valence-corrected chi connectivity index (χ0v) is 15.8. The summed E-state index contributed by atoms with van der Waals surface area (Å²) in [5.41, 5.74) is 6.18. The van der Waals surface area contributed by atoms with Crippen LogP contribution in [0.15, 0.2) is 18.2 Å². The van der Waals surface area contributed by atoms with Crippen molar-refractivity contribution in [3.05, 3.63) is 28.2 Å². The summed E-state index contributed by atoms with van der Waals surface area (Å²) in [4.78, 5) is 12.1. The molecule has 7 nitrogen and oxygen atoms in total. The minimum atomic E-state index is -3.65. The molecule has 2 unspecified atom stereocenters. The van der Waals surface area contributed by atoms with Crippen LogP contribution in [0.2, 0.25) is 10.0 Å². The van der Waals surface area contributed by atoms with Gasteiger partial charge in [-0.3, -0.25) is 15.6 Å². The predicted molar refractivity (Wildman–Crippen MR) is 95.6 cm³/mol. The molecule has 0 aliphatic carbocycles. The molecule has 0 aromatic heterocycles. The van der Waals surface area contributed by atoms with Crippen molar-refractivity contribution < 1.29 is 13.2 Å². The van der Waals surface area contributed by atoms with E-state index in [1.165, 1.54) is 13.1 Å². The number of carbonyl (C=O) groups is 1. The van der Waals surface area contributed by atoms with Crippen LogP contribution < -0.4 is 16.2 Å². The SMILES string of the molecule is CC1NNC(C)C1S(=O)(=O)N(C)CC(=O)Nc1ccc(Cl)cc1Cl. The molecular formula is C14H20Cl2N4O3S. The van der Waals surface area contributed by atoms with E-state index in [2.05, 4.69) is 16.2 Å². The van der Waals surface area contributed by atoms with Crippen LogP contribution in [0.25, 0.3) is 0 Å². The molecule has 0 saturated carbocycles. The van der Waals surface area contributed by atoms with Gasteiger partial charge in [0.15, 0.2) is 0 Å². The van der Waals surface area contributed by atoms with Crippen molar-refractivity contribution in [2.24, 2.45) is 0 Å². The molecule has 1 heterocycles. The molecule has 0 spiro atoms. The molecule has 1 aromatic carbocycles. The molecule has 1 fully saturated rings. The fourth-order valence-corrected chi connectivity index (χ4v) is 4.99. The number of likely N-dealkylation sites (N-methyl/N-ethyl adjacent to an activating group) is 1. The Morgan fingerprint density at radius 3 is 2.38 bits per heavy atom. The fraction of sp³-hybridized carbons (Fsp3) is 0.500. The summed E-state index contributed by atoms with van der Waals surface area (Å²) >= 11 is 11.8. The minimum absolute atomic E-state index is 0.263. The van der Waals surface area contributed by atoms with Gasteiger partial charge in [-0.25, -0.2) is 8.42 Å². The molecule has 24 heavy (non-hydrogen) atoms. The predicted octanol–water partition coefficient (Wildman–Crippen LogP) is 1.45. The van der Waals surface area contributed by atoms with E-state index in [4.69, 9.17) is 23.2 Å². The van der Waals surface area contributed by atoms with E-state index in [0.29, 0.717) is 10.7 Å². The maximum atomic E-state index is 12.7. The van der Waals surface area contributed by atoms with Gasteiger partial charge < -0.3 is 5.32 Å². The van der Waals surface area contributed by atoms with E-state index in [1.54, 1.807) is 26.0 Å². The van der Waals surface area contributed by atoms with Crippen molar-refractivity contribution in [2.45, 2.75) is 31.2 Å². The first-order valence-electron chi connectivity index (χ1n) is 7.34. The summed E-state index contributed by atoms with van der Waals surface area (Å²) in [5, 5.41) is 2.66. The number of amides is 1. The van der Waals surface area contributed by atoms with Gasteiger partial charge in [0.2, 0.25) is 15.9 Å². The lowest BCUT2D eigenvalue weighted by atomic mass is 10.2. The summed E-state index contributed by atoms with van der Waals surface area (Å²) in [6.07, 6.45) is 0. The van der Waals surface area contributed by atoms with Gasteiger partial charge >= 0.3 is 0 Å². The Kier molecular flexibility index (Phi) is 6.11. The molecule has 2 rings (SSSR count). The van der Waals surface area contributed by atoms with E-state index < -0.39 is 21.2 Å². The largest absolute Gasteiger partial charge is 0.324 e. The molecule has 1 saturated heterocycles. The second-order valence-corrected chi connectivity index (χ2v) is 8.85. The molecule has 134 valence electrons. The number of sulfonamides is 1. The Balaban J connectivity index is 2.05. The molecular weight excluding hydrogens is 375 g/mol. The molecule has 1 aliphatic rings. The summed E-state index contributed by atoms with van der Waals surface area (Å²) in [6.45, 7) is 3.25. The lowest BCUT2D eigenvalue weighted by Crippen LogP contribution is -2.47. The third-order valence-corrected chi connectivity index (χ3v) is 6.92. The van der Waals surface area contributed by atoms with Crippen molar-refractivity contribution in [1.82, 2.24) is 15.2 Å². The Bertz CT molecular complexity index is 719. The summed E-state index contributed by atoms with van der Waals surface area (Å²) < 4.78 is 26.4. The van der Waals surface area contributed by atoms with Crippen molar-refractivity contribution in [1.29, 1.82) is 0 Å².